The summed E-state index contributed by atoms with van der Waals surface area (Å²) < 4.78 is 10.4. The summed E-state index contributed by atoms with van der Waals surface area (Å²) in [5.41, 5.74) is 0. The molecular weight excluding hydrogens is 68.0 g/mol. The zero-order valence-electron chi connectivity index (χ0n) is 3.89. The predicted molar refractivity (Wildman–Crippen MR) is 17.3 cm³/mol. The van der Waals surface area contributed by atoms with E-state index < -0.39 is 6.58 Å². The molecule has 1 unspecified atom stereocenters. The van der Waals surface area contributed by atoms with Gasteiger partial charge in [-0.2, -0.15) is 0 Å². The van der Waals surface area contributed by atoms with Crippen molar-refractivity contribution in [3.8, 4) is 0 Å². The van der Waals surface area contributed by atoms with E-state index in [0.29, 0.717) is 0 Å². The molecule has 29 valence electrons. The van der Waals surface area contributed by atoms with E-state index in [1.807, 2.05) is 0 Å². The van der Waals surface area contributed by atoms with Gasteiger partial charge in [0.25, 0.3) is 0 Å². The van der Waals surface area contributed by atoms with Gasteiger partial charge in [-0.15, -0.1) is 0 Å². The van der Waals surface area contributed by atoms with Gasteiger partial charge in [-0.1, -0.05) is 0 Å². The van der Waals surface area contributed by atoms with Crippen molar-refractivity contribution in [3.63, 3.8) is 0 Å². The van der Waals surface area contributed by atoms with Gasteiger partial charge in [0.05, 0.1) is 7.95 Å². The predicted octanol–water partition coefficient (Wildman–Crippen LogP) is 0.0901. The molecule has 0 aromatic rings. The first-order chi connectivity index (χ1) is 2.77. The summed E-state index contributed by atoms with van der Waals surface area (Å²) in [4.78, 5) is 9.15. The summed E-state index contributed by atoms with van der Waals surface area (Å²) in [6, 6.07) is 0. The molecule has 1 radical (unpaired) electrons. The molecule has 0 amide bonds. The second-order valence-corrected chi connectivity index (χ2v) is 0.437. The number of ether oxygens (including phenoxy) is 1. The van der Waals surface area contributed by atoms with E-state index in [9.17, 15) is 0 Å². The SMILES string of the molecule is [2H]C(C)O[C]=O. The first kappa shape index (κ1) is 2.69. The van der Waals surface area contributed by atoms with Gasteiger partial charge in [-0.05, 0) is 6.92 Å². The Bertz CT molecular complexity index is 44.1. The van der Waals surface area contributed by atoms with Crippen LogP contribution in [0.4, 0.5) is 0 Å². The fraction of sp³-hybridized carbons (Fsp3) is 0.667. The van der Waals surface area contributed by atoms with Crippen molar-refractivity contribution < 1.29 is 10.9 Å². The molecule has 0 aliphatic rings. The Morgan fingerprint density at radius 3 is 3.00 bits per heavy atom. The van der Waals surface area contributed by atoms with Crippen LogP contribution in [0.5, 0.6) is 0 Å². The van der Waals surface area contributed by atoms with Gasteiger partial charge in [0, 0.05) is 0 Å². The lowest BCUT2D eigenvalue weighted by molar-refractivity contribution is 0.296. The molecule has 0 spiro atoms. The van der Waals surface area contributed by atoms with E-state index in [1.54, 1.807) is 0 Å². The van der Waals surface area contributed by atoms with Crippen LogP contribution in [0.1, 0.15) is 8.29 Å². The van der Waals surface area contributed by atoms with E-state index >= 15 is 0 Å². The van der Waals surface area contributed by atoms with Crippen LogP contribution in [0.25, 0.3) is 0 Å². The fourth-order valence-electron chi connectivity index (χ4n) is 0.0481. The molecule has 0 rings (SSSR count). The Morgan fingerprint density at radius 2 is 3.00 bits per heavy atom. The van der Waals surface area contributed by atoms with Gasteiger partial charge >= 0.3 is 6.47 Å². The van der Waals surface area contributed by atoms with Crippen molar-refractivity contribution in [2.75, 3.05) is 6.58 Å². The van der Waals surface area contributed by atoms with Crippen LogP contribution in [-0.4, -0.2) is 13.1 Å². The Hall–Kier alpha value is -0.530. The zero-order valence-corrected chi connectivity index (χ0v) is 2.89. The molecule has 0 fully saturated rings. The van der Waals surface area contributed by atoms with Crippen molar-refractivity contribution in [2.24, 2.45) is 0 Å². The number of rotatable bonds is 2. The lowest BCUT2D eigenvalue weighted by Crippen LogP contribution is -1.80. The third-order valence-corrected chi connectivity index (χ3v) is 0.166. The van der Waals surface area contributed by atoms with E-state index in [0.717, 1.165) is 6.47 Å². The third kappa shape index (κ3) is 3.47. The molecule has 0 aliphatic carbocycles. The molecule has 0 aromatic carbocycles. The normalized spacial score (nSPS) is 15.8. The van der Waals surface area contributed by atoms with E-state index in [1.165, 1.54) is 6.92 Å². The molecule has 0 saturated carbocycles. The zero-order chi connectivity index (χ0) is 4.99. The molecule has 2 heteroatoms. The van der Waals surface area contributed by atoms with E-state index in [2.05, 4.69) is 4.74 Å². The number of hydrogen-bond acceptors (Lipinski definition) is 2. The Morgan fingerprint density at radius 1 is 2.40 bits per heavy atom. The first-order valence-corrected chi connectivity index (χ1v) is 1.22. The molecule has 0 N–H and O–H groups in total. The Balaban J connectivity index is 2.81. The Kier molecular flexibility index (Phi) is 1.87. The van der Waals surface area contributed by atoms with Gasteiger partial charge in [-0.25, -0.2) is 4.79 Å². The van der Waals surface area contributed by atoms with Gasteiger partial charge in [-0.3, -0.25) is 0 Å². The Labute approximate surface area is 32.1 Å². The van der Waals surface area contributed by atoms with Crippen LogP contribution in [0.2, 0.25) is 0 Å². The van der Waals surface area contributed by atoms with Gasteiger partial charge < -0.3 is 4.74 Å². The lowest BCUT2D eigenvalue weighted by atomic mass is 10.9. The fourth-order valence-corrected chi connectivity index (χ4v) is 0.0481. The van der Waals surface area contributed by atoms with Gasteiger partial charge in [0.2, 0.25) is 0 Å². The second kappa shape index (κ2) is 3.47. The second-order valence-electron chi connectivity index (χ2n) is 0.437. The number of carbonyl (C=O) groups excluding carboxylic acids is 1. The first-order valence-electron chi connectivity index (χ1n) is 1.80. The van der Waals surface area contributed by atoms with E-state index in [4.69, 9.17) is 6.17 Å². The quantitative estimate of drug-likeness (QED) is 0.464. The summed E-state index contributed by atoms with van der Waals surface area (Å²) in [6.45, 7) is 1.79. The van der Waals surface area contributed by atoms with Crippen molar-refractivity contribution in [2.45, 2.75) is 6.92 Å². The summed E-state index contributed by atoms with van der Waals surface area (Å²) in [5.74, 6) is 0. The highest BCUT2D eigenvalue weighted by molar-refractivity contribution is 5.37. The van der Waals surface area contributed by atoms with Gasteiger partial charge in [0.1, 0.15) is 0 Å². The third-order valence-electron chi connectivity index (χ3n) is 0.166. The highest BCUT2D eigenvalue weighted by Gasteiger charge is 1.64. The standard InChI is InChI=1S/C3H5O2/c1-2-5-3-4/h2H2,1H3/i2D. The van der Waals surface area contributed by atoms with Crippen molar-refractivity contribution in [3.05, 3.63) is 0 Å². The van der Waals surface area contributed by atoms with Crippen molar-refractivity contribution in [1.29, 1.82) is 0 Å². The largest absolute Gasteiger partial charge is 0.458 e. The minimum absolute atomic E-state index is 0.775. The smallest absolute Gasteiger partial charge is 0.417 e. The van der Waals surface area contributed by atoms with Crippen LogP contribution >= 0.6 is 0 Å². The molecule has 0 aliphatic heterocycles. The summed E-state index contributed by atoms with van der Waals surface area (Å²) in [7, 11) is 0. The van der Waals surface area contributed by atoms with Gasteiger partial charge in [0.15, 0.2) is 0 Å². The van der Waals surface area contributed by atoms with Crippen LogP contribution in [0.15, 0.2) is 0 Å². The molecule has 0 heterocycles. The van der Waals surface area contributed by atoms with Crippen molar-refractivity contribution in [1.82, 2.24) is 0 Å². The molecule has 2 nitrogen and oxygen atoms in total. The van der Waals surface area contributed by atoms with Crippen LogP contribution < -0.4 is 0 Å². The summed E-state index contributed by atoms with van der Waals surface area (Å²) in [6.07, 6.45) is 0. The van der Waals surface area contributed by atoms with Crippen LogP contribution in [0.3, 0.4) is 0 Å². The average molecular weight is 74.1 g/mol. The lowest BCUT2D eigenvalue weighted by Gasteiger charge is -1.77. The molecule has 5 heavy (non-hydrogen) atoms. The molecular formula is C3H5O2. The van der Waals surface area contributed by atoms with E-state index in [-0.39, 0.29) is 0 Å². The monoisotopic (exact) mass is 74.0 g/mol. The highest BCUT2D eigenvalue weighted by Crippen LogP contribution is 1.55. The minimum Gasteiger partial charge on any atom is -0.458 e. The molecule has 0 aromatic heterocycles. The maximum atomic E-state index is 9.15. The number of hydrogen-bond donors (Lipinski definition) is 0. The molecule has 1 atom stereocenters. The summed E-state index contributed by atoms with van der Waals surface area (Å²) in [5, 5.41) is 0. The maximum Gasteiger partial charge on any atom is 0.417 e. The topological polar surface area (TPSA) is 26.3 Å². The molecule has 0 bridgehead atoms. The summed E-state index contributed by atoms with van der Waals surface area (Å²) >= 11 is 0. The maximum absolute atomic E-state index is 9.15. The van der Waals surface area contributed by atoms with Crippen molar-refractivity contribution >= 4 is 6.47 Å². The average Bonchev–Trinajstić information content (AvgIpc) is 1.35. The highest BCUT2D eigenvalue weighted by atomic mass is 16.5. The minimum atomic E-state index is -0.775. The van der Waals surface area contributed by atoms with Crippen LogP contribution in [0, 0.1) is 0 Å². The molecule has 0 saturated heterocycles. The van der Waals surface area contributed by atoms with Crippen LogP contribution in [-0.2, 0) is 9.53 Å².